The molecule has 6 nitrogen and oxygen atoms in total. The number of carbonyl (C=O) groups is 2. The maximum atomic E-state index is 12.0. The van der Waals surface area contributed by atoms with Crippen molar-refractivity contribution in [2.75, 3.05) is 32.6 Å². The lowest BCUT2D eigenvalue weighted by atomic mass is 9.86. The first-order chi connectivity index (χ1) is 12.1. The van der Waals surface area contributed by atoms with Crippen molar-refractivity contribution in [1.82, 2.24) is 5.32 Å². The zero-order valence-corrected chi connectivity index (χ0v) is 15.2. The first kappa shape index (κ1) is 19.6. The Bertz CT molecular complexity index is 557. The summed E-state index contributed by atoms with van der Waals surface area (Å²) in [7, 11) is 1.62. The fraction of sp³-hybridized carbons (Fsp3) is 0.556. The van der Waals surface area contributed by atoms with E-state index in [0.717, 1.165) is 23.5 Å². The Hall–Kier alpha value is -1.73. The Morgan fingerprint density at radius 3 is 2.60 bits per heavy atom. The van der Waals surface area contributed by atoms with Gasteiger partial charge < -0.3 is 19.9 Å². The van der Waals surface area contributed by atoms with Crippen molar-refractivity contribution in [3.63, 3.8) is 0 Å². The smallest absolute Gasteiger partial charge is 0.308 e. The third-order valence-corrected chi connectivity index (χ3v) is 5.34. The molecule has 0 saturated carbocycles. The van der Waals surface area contributed by atoms with E-state index in [1.807, 2.05) is 24.3 Å². The molecule has 0 aromatic heterocycles. The normalized spacial score (nSPS) is 16.2. The number of rotatable bonds is 9. The van der Waals surface area contributed by atoms with Gasteiger partial charge in [-0.15, -0.1) is 11.8 Å². The molecule has 1 unspecified atom stereocenters. The van der Waals surface area contributed by atoms with Gasteiger partial charge in [0.2, 0.25) is 5.91 Å². The molecule has 1 saturated heterocycles. The molecule has 1 heterocycles. The van der Waals surface area contributed by atoms with Gasteiger partial charge in [-0.25, -0.2) is 0 Å². The predicted molar refractivity (Wildman–Crippen MR) is 96.0 cm³/mol. The van der Waals surface area contributed by atoms with E-state index in [1.54, 1.807) is 18.9 Å². The highest BCUT2D eigenvalue weighted by Gasteiger charge is 2.29. The number of hydrogen-bond donors (Lipinski definition) is 2. The molecule has 2 N–H and O–H groups in total. The van der Waals surface area contributed by atoms with Crippen molar-refractivity contribution in [2.24, 2.45) is 11.8 Å². The first-order valence-electron chi connectivity index (χ1n) is 8.44. The Balaban J connectivity index is 1.70. The molecule has 138 valence electrons. The van der Waals surface area contributed by atoms with Crippen LogP contribution in [0.2, 0.25) is 0 Å². The lowest BCUT2D eigenvalue weighted by Crippen LogP contribution is -2.39. The van der Waals surface area contributed by atoms with Gasteiger partial charge in [-0.1, -0.05) is 0 Å². The minimum absolute atomic E-state index is 0.0697. The first-order valence-corrected chi connectivity index (χ1v) is 9.43. The minimum atomic E-state index is -0.847. The van der Waals surface area contributed by atoms with Crippen LogP contribution in [0, 0.1) is 11.8 Å². The number of hydrogen-bond acceptors (Lipinski definition) is 5. The lowest BCUT2D eigenvalue weighted by Gasteiger charge is -2.27. The number of aliphatic carboxylic acids is 1. The zero-order valence-electron chi connectivity index (χ0n) is 14.4. The van der Waals surface area contributed by atoms with Crippen LogP contribution in [0.5, 0.6) is 5.75 Å². The van der Waals surface area contributed by atoms with Crippen molar-refractivity contribution < 1.29 is 24.2 Å². The second-order valence-corrected chi connectivity index (χ2v) is 7.14. The number of ether oxygens (including phenoxy) is 2. The van der Waals surface area contributed by atoms with Crippen molar-refractivity contribution in [1.29, 1.82) is 0 Å². The third kappa shape index (κ3) is 6.59. The molecule has 1 aliphatic heterocycles. The van der Waals surface area contributed by atoms with Crippen LogP contribution >= 0.6 is 11.8 Å². The van der Waals surface area contributed by atoms with Crippen LogP contribution in [-0.4, -0.2) is 49.6 Å². The van der Waals surface area contributed by atoms with E-state index in [4.69, 9.17) is 9.47 Å². The van der Waals surface area contributed by atoms with Crippen molar-refractivity contribution >= 4 is 23.6 Å². The van der Waals surface area contributed by atoms with E-state index in [0.29, 0.717) is 25.4 Å². The maximum absolute atomic E-state index is 12.0. The summed E-state index contributed by atoms with van der Waals surface area (Å²) in [5, 5.41) is 12.2. The number of benzene rings is 1. The second kappa shape index (κ2) is 10.3. The lowest BCUT2D eigenvalue weighted by molar-refractivity contribution is -0.144. The number of carboxylic acids is 1. The van der Waals surface area contributed by atoms with E-state index < -0.39 is 11.9 Å². The van der Waals surface area contributed by atoms with E-state index in [9.17, 15) is 14.7 Å². The number of thioether (sulfide) groups is 1. The maximum Gasteiger partial charge on any atom is 0.308 e. The number of carboxylic acid groups (broad SMARTS) is 1. The Morgan fingerprint density at radius 2 is 2.00 bits per heavy atom. The summed E-state index contributed by atoms with van der Waals surface area (Å²) in [6.45, 7) is 1.38. The zero-order chi connectivity index (χ0) is 18.1. The van der Waals surface area contributed by atoms with E-state index in [-0.39, 0.29) is 18.4 Å². The molecule has 0 bridgehead atoms. The van der Waals surface area contributed by atoms with Crippen LogP contribution < -0.4 is 10.1 Å². The van der Waals surface area contributed by atoms with Gasteiger partial charge >= 0.3 is 5.97 Å². The van der Waals surface area contributed by atoms with Gasteiger partial charge in [0.05, 0.1) is 13.0 Å². The van der Waals surface area contributed by atoms with Crippen molar-refractivity contribution in [2.45, 2.75) is 24.2 Å². The number of methoxy groups -OCH3 is 1. The molecule has 1 amide bonds. The molecule has 0 spiro atoms. The highest BCUT2D eigenvalue weighted by Crippen LogP contribution is 2.24. The molecule has 1 atom stereocenters. The van der Waals surface area contributed by atoms with Gasteiger partial charge in [-0.05, 0) is 43.0 Å². The van der Waals surface area contributed by atoms with Gasteiger partial charge in [0.1, 0.15) is 5.75 Å². The summed E-state index contributed by atoms with van der Waals surface area (Å²) in [5.74, 6) is 0.0176. The molecule has 25 heavy (non-hydrogen) atoms. The molecule has 7 heteroatoms. The monoisotopic (exact) mass is 367 g/mol. The Morgan fingerprint density at radius 1 is 1.32 bits per heavy atom. The quantitative estimate of drug-likeness (QED) is 0.652. The topological polar surface area (TPSA) is 84.9 Å². The largest absolute Gasteiger partial charge is 0.497 e. The molecule has 0 aliphatic carbocycles. The van der Waals surface area contributed by atoms with Crippen LogP contribution in [0.25, 0.3) is 0 Å². The number of carbonyl (C=O) groups excluding carboxylic acids is 1. The van der Waals surface area contributed by atoms with Crippen LogP contribution in [0.3, 0.4) is 0 Å². The molecular weight excluding hydrogens is 342 g/mol. The average Bonchev–Trinajstić information content (AvgIpc) is 2.63. The fourth-order valence-corrected chi connectivity index (χ4v) is 3.67. The Kier molecular flexibility index (Phi) is 8.08. The highest BCUT2D eigenvalue weighted by atomic mass is 32.2. The molecule has 1 aromatic carbocycles. The predicted octanol–water partition coefficient (Wildman–Crippen LogP) is 2.42. The van der Waals surface area contributed by atoms with Crippen LogP contribution in [0.1, 0.15) is 19.3 Å². The summed E-state index contributed by atoms with van der Waals surface area (Å²) in [6, 6.07) is 7.67. The van der Waals surface area contributed by atoms with E-state index in [1.165, 1.54) is 0 Å². The van der Waals surface area contributed by atoms with Crippen LogP contribution in [0.4, 0.5) is 0 Å². The summed E-state index contributed by atoms with van der Waals surface area (Å²) < 4.78 is 10.4. The summed E-state index contributed by atoms with van der Waals surface area (Å²) in [4.78, 5) is 24.5. The standard InChI is InChI=1S/C18H25NO5S/c1-23-14-2-4-15(5-3-14)25-11-8-17(20)19-12-16(18(21)22)13-6-9-24-10-7-13/h2-5,13,16H,6-12H2,1H3,(H,19,20)(H,21,22). The fourth-order valence-electron chi connectivity index (χ4n) is 2.82. The summed E-state index contributed by atoms with van der Waals surface area (Å²) >= 11 is 1.59. The molecule has 1 aliphatic rings. The summed E-state index contributed by atoms with van der Waals surface area (Å²) in [5.41, 5.74) is 0. The molecular formula is C18H25NO5S. The van der Waals surface area contributed by atoms with Crippen LogP contribution in [0.15, 0.2) is 29.2 Å². The van der Waals surface area contributed by atoms with E-state index >= 15 is 0 Å². The highest BCUT2D eigenvalue weighted by molar-refractivity contribution is 7.99. The van der Waals surface area contributed by atoms with Crippen molar-refractivity contribution in [3.05, 3.63) is 24.3 Å². The SMILES string of the molecule is COc1ccc(SCCC(=O)NCC(C(=O)O)C2CCOCC2)cc1. The second-order valence-electron chi connectivity index (χ2n) is 5.97. The summed E-state index contributed by atoms with van der Waals surface area (Å²) in [6.07, 6.45) is 1.83. The van der Waals surface area contributed by atoms with Gasteiger partial charge in [-0.3, -0.25) is 9.59 Å². The Labute approximate surface area is 152 Å². The van der Waals surface area contributed by atoms with Gasteiger partial charge in [0, 0.05) is 36.8 Å². The molecule has 1 fully saturated rings. The third-order valence-electron chi connectivity index (χ3n) is 4.33. The van der Waals surface area contributed by atoms with Crippen LogP contribution in [-0.2, 0) is 14.3 Å². The molecule has 2 rings (SSSR count). The number of nitrogens with one attached hydrogen (secondary N) is 1. The molecule has 1 aromatic rings. The average molecular weight is 367 g/mol. The minimum Gasteiger partial charge on any atom is -0.497 e. The van der Waals surface area contributed by atoms with E-state index in [2.05, 4.69) is 5.32 Å². The van der Waals surface area contributed by atoms with Crippen molar-refractivity contribution in [3.8, 4) is 5.75 Å². The number of amides is 1. The van der Waals surface area contributed by atoms with Gasteiger partial charge in [0.25, 0.3) is 0 Å². The van der Waals surface area contributed by atoms with Gasteiger partial charge in [-0.2, -0.15) is 0 Å². The molecule has 0 radical (unpaired) electrons. The van der Waals surface area contributed by atoms with Gasteiger partial charge in [0.15, 0.2) is 0 Å².